The molecule has 0 spiro atoms. The highest BCUT2D eigenvalue weighted by atomic mass is 35.5. The van der Waals surface area contributed by atoms with Crippen molar-refractivity contribution in [1.82, 2.24) is 0 Å². The number of anilines is 2. The predicted molar refractivity (Wildman–Crippen MR) is 179 cm³/mol. The Balaban J connectivity index is 1.47. The summed E-state index contributed by atoms with van der Waals surface area (Å²) in [7, 11) is 0. The molecule has 0 aromatic heterocycles. The van der Waals surface area contributed by atoms with Gasteiger partial charge in [0, 0.05) is 11.4 Å². The van der Waals surface area contributed by atoms with E-state index in [2.05, 4.69) is 31.1 Å². The Bertz CT molecular complexity index is 1740. The van der Waals surface area contributed by atoms with Crippen LogP contribution in [0.5, 0.6) is 0 Å². The normalized spacial score (nSPS) is 12.6. The SMILES string of the molecule is CC(=O)C(/N=N/c1ccc(-c2ccc(/N=N/C(C(C)=O)C(=O)Nc3ccccc3C)c(Cl)c2)cc1Cl)C(=O)Nc1ccccc1C. The number of hydrogen-bond donors (Lipinski definition) is 2. The highest BCUT2D eigenvalue weighted by Gasteiger charge is 2.25. The maximum absolute atomic E-state index is 12.8. The Kier molecular flexibility index (Phi) is 11.2. The summed E-state index contributed by atoms with van der Waals surface area (Å²) in [4.78, 5) is 49.9. The van der Waals surface area contributed by atoms with Crippen LogP contribution in [-0.2, 0) is 19.2 Å². The van der Waals surface area contributed by atoms with Gasteiger partial charge in [0.1, 0.15) is 11.4 Å². The van der Waals surface area contributed by atoms with E-state index < -0.39 is 35.5 Å². The number of amides is 2. The van der Waals surface area contributed by atoms with Crippen molar-refractivity contribution in [3.8, 4) is 11.1 Å². The number of para-hydroxylation sites is 2. The lowest BCUT2D eigenvalue weighted by Gasteiger charge is -2.11. The molecule has 0 saturated carbocycles. The third-order valence-corrected chi connectivity index (χ3v) is 7.47. The average molecular weight is 658 g/mol. The Morgan fingerprint density at radius 2 is 0.957 bits per heavy atom. The van der Waals surface area contributed by atoms with Crippen LogP contribution in [0.1, 0.15) is 25.0 Å². The Hall–Kier alpha value is -5.06. The maximum atomic E-state index is 12.8. The van der Waals surface area contributed by atoms with Gasteiger partial charge in [0.25, 0.3) is 11.8 Å². The van der Waals surface area contributed by atoms with Gasteiger partial charge in [-0.2, -0.15) is 20.5 Å². The molecule has 2 unspecified atom stereocenters. The van der Waals surface area contributed by atoms with E-state index in [-0.39, 0.29) is 21.4 Å². The minimum absolute atomic E-state index is 0.228. The van der Waals surface area contributed by atoms with Crippen molar-refractivity contribution in [2.24, 2.45) is 20.5 Å². The number of halogens is 2. The molecule has 0 heterocycles. The van der Waals surface area contributed by atoms with Gasteiger partial charge in [-0.3, -0.25) is 19.2 Å². The first-order valence-corrected chi connectivity index (χ1v) is 14.8. The summed E-state index contributed by atoms with van der Waals surface area (Å²) in [5.74, 6) is -2.16. The molecule has 2 atom stereocenters. The molecule has 12 heteroatoms. The summed E-state index contributed by atoms with van der Waals surface area (Å²) in [5.41, 5.74) is 4.72. The molecule has 0 fully saturated rings. The molecule has 2 N–H and O–H groups in total. The van der Waals surface area contributed by atoms with Crippen molar-refractivity contribution in [2.75, 3.05) is 10.6 Å². The minimum atomic E-state index is -1.35. The molecular formula is C34H30Cl2N6O4. The summed E-state index contributed by atoms with van der Waals surface area (Å²) < 4.78 is 0. The van der Waals surface area contributed by atoms with Gasteiger partial charge in [-0.25, -0.2) is 0 Å². The molecule has 0 aliphatic rings. The van der Waals surface area contributed by atoms with Gasteiger partial charge in [-0.05, 0) is 86.3 Å². The van der Waals surface area contributed by atoms with Gasteiger partial charge in [-0.15, -0.1) is 0 Å². The van der Waals surface area contributed by atoms with Crippen molar-refractivity contribution in [2.45, 2.75) is 39.8 Å². The number of aryl methyl sites for hydroxylation is 2. The number of benzene rings is 4. The van der Waals surface area contributed by atoms with Crippen molar-refractivity contribution >= 4 is 69.3 Å². The second-order valence-corrected chi connectivity index (χ2v) is 11.2. The van der Waals surface area contributed by atoms with Crippen molar-refractivity contribution in [3.05, 3.63) is 106 Å². The molecule has 46 heavy (non-hydrogen) atoms. The Morgan fingerprint density at radius 3 is 1.28 bits per heavy atom. The molecule has 234 valence electrons. The number of carbonyl (C=O) groups is 4. The van der Waals surface area contributed by atoms with Crippen LogP contribution in [0.3, 0.4) is 0 Å². The molecular weight excluding hydrogens is 627 g/mol. The Morgan fingerprint density at radius 1 is 0.587 bits per heavy atom. The van der Waals surface area contributed by atoms with Crippen molar-refractivity contribution in [3.63, 3.8) is 0 Å². The van der Waals surface area contributed by atoms with E-state index in [1.165, 1.54) is 13.8 Å². The van der Waals surface area contributed by atoms with Crippen LogP contribution >= 0.6 is 23.2 Å². The molecule has 4 aromatic carbocycles. The summed E-state index contributed by atoms with van der Waals surface area (Å²) in [6.45, 7) is 6.20. The second kappa shape index (κ2) is 15.3. The highest BCUT2D eigenvalue weighted by molar-refractivity contribution is 6.34. The molecule has 0 aliphatic heterocycles. The smallest absolute Gasteiger partial charge is 0.258 e. The van der Waals surface area contributed by atoms with Crippen LogP contribution in [0, 0.1) is 13.8 Å². The van der Waals surface area contributed by atoms with Crippen molar-refractivity contribution < 1.29 is 19.2 Å². The molecule has 0 bridgehead atoms. The van der Waals surface area contributed by atoms with Gasteiger partial charge in [0.2, 0.25) is 12.1 Å². The number of Topliss-reactive ketones (excluding diaryl/α,β-unsaturated/α-hetero) is 2. The van der Waals surface area contributed by atoms with Gasteiger partial charge in [0.05, 0.1) is 10.0 Å². The summed E-state index contributed by atoms with van der Waals surface area (Å²) in [6.07, 6.45) is 0. The van der Waals surface area contributed by atoms with Crippen LogP contribution < -0.4 is 10.6 Å². The zero-order chi connectivity index (χ0) is 33.4. The largest absolute Gasteiger partial charge is 0.324 e. The van der Waals surface area contributed by atoms with Crippen LogP contribution in [0.4, 0.5) is 22.7 Å². The molecule has 0 saturated heterocycles. The first-order chi connectivity index (χ1) is 21.9. The first kappa shape index (κ1) is 33.8. The van der Waals surface area contributed by atoms with Crippen LogP contribution in [0.25, 0.3) is 11.1 Å². The fourth-order valence-corrected chi connectivity index (χ4v) is 4.68. The maximum Gasteiger partial charge on any atom is 0.258 e. The van der Waals surface area contributed by atoms with E-state index in [1.54, 1.807) is 60.7 Å². The average Bonchev–Trinajstić information content (AvgIpc) is 3.00. The van der Waals surface area contributed by atoms with E-state index in [0.29, 0.717) is 22.5 Å². The number of hydrogen-bond acceptors (Lipinski definition) is 8. The molecule has 0 radical (unpaired) electrons. The molecule has 4 rings (SSSR count). The van der Waals surface area contributed by atoms with E-state index in [1.807, 2.05) is 38.1 Å². The van der Waals surface area contributed by atoms with Gasteiger partial charge in [-0.1, -0.05) is 71.7 Å². The third kappa shape index (κ3) is 8.56. The van der Waals surface area contributed by atoms with E-state index in [9.17, 15) is 19.2 Å². The molecule has 10 nitrogen and oxygen atoms in total. The number of nitrogens with zero attached hydrogens (tertiary/aromatic N) is 4. The summed E-state index contributed by atoms with van der Waals surface area (Å²) >= 11 is 13.0. The molecule has 4 aromatic rings. The van der Waals surface area contributed by atoms with Crippen LogP contribution in [-0.4, -0.2) is 35.5 Å². The second-order valence-electron chi connectivity index (χ2n) is 10.4. The zero-order valence-corrected chi connectivity index (χ0v) is 26.9. The molecule has 0 aliphatic carbocycles. The Labute approximate surface area is 275 Å². The van der Waals surface area contributed by atoms with Gasteiger partial charge >= 0.3 is 0 Å². The first-order valence-electron chi connectivity index (χ1n) is 14.1. The lowest BCUT2D eigenvalue weighted by atomic mass is 10.0. The summed E-state index contributed by atoms with van der Waals surface area (Å²) in [5, 5.41) is 22.0. The highest BCUT2D eigenvalue weighted by Crippen LogP contribution is 2.35. The van der Waals surface area contributed by atoms with E-state index >= 15 is 0 Å². The third-order valence-electron chi connectivity index (χ3n) is 6.86. The van der Waals surface area contributed by atoms with Gasteiger partial charge in [0.15, 0.2) is 11.6 Å². The van der Waals surface area contributed by atoms with Crippen LogP contribution in [0.15, 0.2) is 105 Å². The lowest BCUT2D eigenvalue weighted by molar-refractivity contribution is -0.127. The van der Waals surface area contributed by atoms with Gasteiger partial charge < -0.3 is 10.6 Å². The number of carbonyl (C=O) groups excluding carboxylic acids is 4. The van der Waals surface area contributed by atoms with Crippen LogP contribution in [0.2, 0.25) is 10.0 Å². The monoisotopic (exact) mass is 656 g/mol. The number of nitrogens with one attached hydrogen (secondary N) is 2. The lowest BCUT2D eigenvalue weighted by Crippen LogP contribution is -2.32. The predicted octanol–water partition coefficient (Wildman–Crippen LogP) is 8.64. The van der Waals surface area contributed by atoms with Crippen molar-refractivity contribution in [1.29, 1.82) is 0 Å². The topological polar surface area (TPSA) is 142 Å². The standard InChI is InChI=1S/C34H30Cl2N6O4/c1-19-9-5-7-11-27(19)37-33(45)31(21(3)43)41-39-29-15-13-23(17-25(29)35)24-14-16-30(26(36)18-24)40-42-32(22(4)44)34(46)38-28-12-8-6-10-20(28)2/h5-18,31-32H,1-4H3,(H,37,45)(H,38,46)/b41-39+,42-40+. The molecule has 2 amide bonds. The fraction of sp³-hybridized carbons (Fsp3) is 0.176. The number of azo groups is 2. The van der Waals surface area contributed by atoms with E-state index in [0.717, 1.165) is 11.1 Å². The summed E-state index contributed by atoms with van der Waals surface area (Å²) in [6, 6.07) is 21.6. The van der Waals surface area contributed by atoms with E-state index in [4.69, 9.17) is 23.2 Å². The fourth-order valence-electron chi connectivity index (χ4n) is 4.24. The minimum Gasteiger partial charge on any atom is -0.324 e. The number of rotatable bonds is 11. The zero-order valence-electron chi connectivity index (χ0n) is 25.4. The number of ketones is 2. The quantitative estimate of drug-likeness (QED) is 0.123.